The number of hydrogen-bond acceptors (Lipinski definition) is 2. The van der Waals surface area contributed by atoms with E-state index in [0.717, 1.165) is 0 Å². The Balaban J connectivity index is 3.24. The summed E-state index contributed by atoms with van der Waals surface area (Å²) in [6.45, 7) is -0.557. The predicted octanol–water partition coefficient (Wildman–Crippen LogP) is 2.55. The van der Waals surface area contributed by atoms with E-state index in [4.69, 9.17) is 5.11 Å². The highest BCUT2D eigenvalue weighted by Crippen LogP contribution is 2.22. The van der Waals surface area contributed by atoms with Crippen LogP contribution in [-0.4, -0.2) is 10.1 Å². The van der Waals surface area contributed by atoms with Crippen LogP contribution in [0.15, 0.2) is 6.07 Å². The molecule has 0 spiro atoms. The summed E-state index contributed by atoms with van der Waals surface area (Å²) >= 11 is 2.98. The number of hydrogen-bond donors (Lipinski definition) is 1. The summed E-state index contributed by atoms with van der Waals surface area (Å²) < 4.78 is 37.5. The van der Waals surface area contributed by atoms with Crippen LogP contribution in [0.3, 0.4) is 0 Å². The monoisotopic (exact) mass is 269 g/mol. The molecule has 6 heteroatoms. The van der Waals surface area contributed by atoms with E-state index in [1.807, 2.05) is 0 Å². The molecule has 0 saturated carbocycles. The lowest BCUT2D eigenvalue weighted by Gasteiger charge is -2.07. The van der Waals surface area contributed by atoms with Crippen molar-refractivity contribution < 1.29 is 18.3 Å². The molecule has 0 aliphatic heterocycles. The van der Waals surface area contributed by atoms with Gasteiger partial charge in [0.25, 0.3) is 6.43 Å². The second-order valence-electron chi connectivity index (χ2n) is 2.55. The van der Waals surface area contributed by atoms with Gasteiger partial charge in [0.15, 0.2) is 0 Å². The van der Waals surface area contributed by atoms with Crippen LogP contribution in [-0.2, 0) is 11.9 Å². The highest BCUT2D eigenvalue weighted by atomic mass is 79.9. The highest BCUT2D eigenvalue weighted by Gasteiger charge is 2.16. The van der Waals surface area contributed by atoms with Gasteiger partial charge in [0, 0.05) is 17.0 Å². The highest BCUT2D eigenvalue weighted by molar-refractivity contribution is 9.08. The van der Waals surface area contributed by atoms with Gasteiger partial charge in [-0.05, 0) is 0 Å². The molecule has 0 radical (unpaired) electrons. The van der Waals surface area contributed by atoms with Crippen LogP contribution in [0.5, 0.6) is 0 Å². The molecule has 0 amide bonds. The van der Waals surface area contributed by atoms with Gasteiger partial charge in [-0.25, -0.2) is 18.2 Å². The van der Waals surface area contributed by atoms with Crippen LogP contribution in [0.1, 0.15) is 23.4 Å². The van der Waals surface area contributed by atoms with Gasteiger partial charge >= 0.3 is 0 Å². The third-order valence-electron chi connectivity index (χ3n) is 1.68. The molecule has 0 atom stereocenters. The minimum absolute atomic E-state index is 0.0582. The molecule has 0 fully saturated rings. The van der Waals surface area contributed by atoms with Crippen LogP contribution in [0.4, 0.5) is 13.2 Å². The van der Waals surface area contributed by atoms with E-state index in [-0.39, 0.29) is 16.6 Å². The number of aliphatic hydroxyl groups is 1. The number of pyridine rings is 1. The van der Waals surface area contributed by atoms with Crippen LogP contribution >= 0.6 is 15.9 Å². The zero-order valence-corrected chi connectivity index (χ0v) is 8.56. The van der Waals surface area contributed by atoms with Crippen LogP contribution in [0, 0.1) is 5.82 Å². The van der Waals surface area contributed by atoms with E-state index < -0.39 is 24.5 Å². The van der Waals surface area contributed by atoms with Crippen molar-refractivity contribution >= 4 is 15.9 Å². The molecule has 1 aromatic rings. The van der Waals surface area contributed by atoms with Gasteiger partial charge in [0.1, 0.15) is 11.5 Å². The van der Waals surface area contributed by atoms with Gasteiger partial charge in [-0.15, -0.1) is 0 Å². The standard InChI is InChI=1S/C8H7BrF3NO/c9-2-4-5(10)1-6(8(11)12)13-7(4)3-14/h1,8,14H,2-3H2. The summed E-state index contributed by atoms with van der Waals surface area (Å²) in [5.74, 6) is -0.781. The lowest BCUT2D eigenvalue weighted by atomic mass is 10.2. The first-order chi connectivity index (χ1) is 6.60. The molecule has 0 unspecified atom stereocenters. The molecule has 0 aliphatic carbocycles. The van der Waals surface area contributed by atoms with Gasteiger partial charge < -0.3 is 5.11 Å². The smallest absolute Gasteiger partial charge is 0.280 e. The van der Waals surface area contributed by atoms with Gasteiger partial charge in [-0.3, -0.25) is 0 Å². The zero-order chi connectivity index (χ0) is 10.7. The number of halogens is 4. The quantitative estimate of drug-likeness (QED) is 0.856. The molecular formula is C8H7BrF3NO. The van der Waals surface area contributed by atoms with Gasteiger partial charge in [-0.1, -0.05) is 15.9 Å². The van der Waals surface area contributed by atoms with Gasteiger partial charge in [0.05, 0.1) is 12.3 Å². The molecule has 0 aromatic carbocycles. The lowest BCUT2D eigenvalue weighted by Crippen LogP contribution is -2.04. The first-order valence-electron chi connectivity index (χ1n) is 3.73. The van der Waals surface area contributed by atoms with E-state index in [1.54, 1.807) is 0 Å². The van der Waals surface area contributed by atoms with Crippen molar-refractivity contribution in [2.75, 3.05) is 0 Å². The van der Waals surface area contributed by atoms with Gasteiger partial charge in [0.2, 0.25) is 0 Å². The lowest BCUT2D eigenvalue weighted by molar-refractivity contribution is 0.144. The fraction of sp³-hybridized carbons (Fsp3) is 0.375. The molecule has 0 saturated heterocycles. The Morgan fingerprint density at radius 2 is 2.14 bits per heavy atom. The Labute approximate surface area is 86.9 Å². The maximum atomic E-state index is 13.1. The maximum absolute atomic E-state index is 13.1. The van der Waals surface area contributed by atoms with Crippen molar-refractivity contribution in [3.63, 3.8) is 0 Å². The topological polar surface area (TPSA) is 33.1 Å². The average molecular weight is 270 g/mol. The molecule has 14 heavy (non-hydrogen) atoms. The van der Waals surface area contributed by atoms with Crippen molar-refractivity contribution in [2.24, 2.45) is 0 Å². The van der Waals surface area contributed by atoms with E-state index >= 15 is 0 Å². The largest absolute Gasteiger partial charge is 0.390 e. The first kappa shape index (κ1) is 11.5. The Morgan fingerprint density at radius 1 is 1.50 bits per heavy atom. The molecule has 0 aliphatic rings. The Bertz CT molecular complexity index is 333. The number of rotatable bonds is 3. The minimum Gasteiger partial charge on any atom is -0.390 e. The molecule has 1 N–H and O–H groups in total. The fourth-order valence-electron chi connectivity index (χ4n) is 0.994. The van der Waals surface area contributed by atoms with Crippen molar-refractivity contribution in [2.45, 2.75) is 18.4 Å². The molecule has 1 heterocycles. The fourth-order valence-corrected chi connectivity index (χ4v) is 1.59. The van der Waals surface area contributed by atoms with Crippen LogP contribution < -0.4 is 0 Å². The molecule has 2 nitrogen and oxygen atoms in total. The number of alkyl halides is 3. The average Bonchev–Trinajstić information content (AvgIpc) is 2.16. The third-order valence-corrected chi connectivity index (χ3v) is 2.24. The predicted molar refractivity (Wildman–Crippen MR) is 47.7 cm³/mol. The van der Waals surface area contributed by atoms with Crippen molar-refractivity contribution in [3.05, 3.63) is 28.8 Å². The van der Waals surface area contributed by atoms with E-state index in [0.29, 0.717) is 6.07 Å². The van der Waals surface area contributed by atoms with Crippen molar-refractivity contribution in [1.82, 2.24) is 4.98 Å². The summed E-state index contributed by atoms with van der Waals surface area (Å²) in [4.78, 5) is 3.45. The summed E-state index contributed by atoms with van der Waals surface area (Å²) in [5.41, 5.74) is -0.606. The molecule has 0 bridgehead atoms. The Kier molecular flexibility index (Phi) is 3.88. The second kappa shape index (κ2) is 4.75. The molecule has 1 aromatic heterocycles. The minimum atomic E-state index is -2.83. The summed E-state index contributed by atoms with van der Waals surface area (Å²) in [5, 5.41) is 8.92. The Morgan fingerprint density at radius 3 is 2.57 bits per heavy atom. The first-order valence-corrected chi connectivity index (χ1v) is 4.85. The normalized spacial score (nSPS) is 11.0. The zero-order valence-electron chi connectivity index (χ0n) is 6.98. The van der Waals surface area contributed by atoms with Gasteiger partial charge in [-0.2, -0.15) is 0 Å². The van der Waals surface area contributed by atoms with Crippen molar-refractivity contribution in [1.29, 1.82) is 0 Å². The molecular weight excluding hydrogens is 263 g/mol. The molecule has 78 valence electrons. The van der Waals surface area contributed by atoms with Crippen LogP contribution in [0.2, 0.25) is 0 Å². The van der Waals surface area contributed by atoms with Crippen molar-refractivity contribution in [3.8, 4) is 0 Å². The van der Waals surface area contributed by atoms with E-state index in [2.05, 4.69) is 20.9 Å². The SMILES string of the molecule is OCc1nc(C(F)F)cc(F)c1CBr. The Hall–Kier alpha value is -0.620. The summed E-state index contributed by atoms with van der Waals surface area (Å²) in [7, 11) is 0. The maximum Gasteiger partial charge on any atom is 0.280 e. The number of aliphatic hydroxyl groups excluding tert-OH is 1. The third kappa shape index (κ3) is 2.24. The van der Waals surface area contributed by atoms with E-state index in [9.17, 15) is 13.2 Å². The number of nitrogens with zero attached hydrogens (tertiary/aromatic N) is 1. The second-order valence-corrected chi connectivity index (χ2v) is 3.11. The summed E-state index contributed by atoms with van der Waals surface area (Å²) in [6.07, 6.45) is -2.83. The number of aromatic nitrogens is 1. The van der Waals surface area contributed by atoms with E-state index in [1.165, 1.54) is 0 Å². The molecule has 1 rings (SSSR count). The van der Waals surface area contributed by atoms with Crippen LogP contribution in [0.25, 0.3) is 0 Å². The summed E-state index contributed by atoms with van der Waals surface area (Å²) in [6, 6.07) is 0.681.